The van der Waals surface area contributed by atoms with E-state index >= 15 is 0 Å². The molecule has 1 aliphatic rings. The third-order valence-corrected chi connectivity index (χ3v) is 3.01. The Balaban J connectivity index is 2.02. The summed E-state index contributed by atoms with van der Waals surface area (Å²) in [6.45, 7) is 10.4. The lowest BCUT2D eigenvalue weighted by Crippen LogP contribution is -2.49. The Morgan fingerprint density at radius 2 is 2.19 bits per heavy atom. The van der Waals surface area contributed by atoms with Gasteiger partial charge < -0.3 is 14.8 Å². The van der Waals surface area contributed by atoms with Crippen molar-refractivity contribution >= 4 is 0 Å². The van der Waals surface area contributed by atoms with E-state index in [1.54, 1.807) is 7.11 Å². The van der Waals surface area contributed by atoms with E-state index in [0.29, 0.717) is 12.1 Å². The Morgan fingerprint density at radius 3 is 2.94 bits per heavy atom. The van der Waals surface area contributed by atoms with Crippen LogP contribution in [0.2, 0.25) is 0 Å². The van der Waals surface area contributed by atoms with Crippen LogP contribution in [0.25, 0.3) is 0 Å². The lowest BCUT2D eigenvalue weighted by molar-refractivity contribution is -0.0486. The topological polar surface area (TPSA) is 33.7 Å². The van der Waals surface area contributed by atoms with Gasteiger partial charge in [0, 0.05) is 39.4 Å². The van der Waals surface area contributed by atoms with E-state index in [2.05, 4.69) is 24.1 Å². The van der Waals surface area contributed by atoms with E-state index in [-0.39, 0.29) is 0 Å². The molecule has 1 N–H and O–H groups in total. The zero-order chi connectivity index (χ0) is 11.8. The Labute approximate surface area is 99.3 Å². The number of rotatable bonds is 7. The van der Waals surface area contributed by atoms with Crippen molar-refractivity contribution in [2.75, 3.05) is 46.5 Å². The maximum Gasteiger partial charge on any atom is 0.0674 e. The molecule has 1 fully saturated rings. The van der Waals surface area contributed by atoms with Gasteiger partial charge in [0.05, 0.1) is 12.7 Å². The molecule has 1 rings (SSSR count). The average Bonchev–Trinajstić information content (AvgIpc) is 2.28. The fourth-order valence-corrected chi connectivity index (χ4v) is 1.97. The third-order valence-electron chi connectivity index (χ3n) is 3.01. The second kappa shape index (κ2) is 8.01. The van der Waals surface area contributed by atoms with Gasteiger partial charge in [-0.1, -0.05) is 0 Å². The molecule has 1 heterocycles. The second-order valence-corrected chi connectivity index (χ2v) is 4.58. The highest BCUT2D eigenvalue weighted by Gasteiger charge is 2.22. The minimum atomic E-state index is 0.379. The van der Waals surface area contributed by atoms with Crippen molar-refractivity contribution in [3.05, 3.63) is 0 Å². The predicted octanol–water partition coefficient (Wildman–Crippen LogP) is 0.722. The lowest BCUT2D eigenvalue weighted by atomic mass is 10.2. The molecule has 16 heavy (non-hydrogen) atoms. The fraction of sp³-hybridized carbons (Fsp3) is 1.00. The summed E-state index contributed by atoms with van der Waals surface area (Å²) in [4.78, 5) is 2.50. The van der Waals surface area contributed by atoms with Gasteiger partial charge in [-0.05, 0) is 26.8 Å². The molecular weight excluding hydrogens is 204 g/mol. The zero-order valence-corrected chi connectivity index (χ0v) is 10.9. The summed E-state index contributed by atoms with van der Waals surface area (Å²) in [6, 6.07) is 0.553. The number of methoxy groups -OCH3 is 1. The molecule has 2 unspecified atom stereocenters. The first-order valence-corrected chi connectivity index (χ1v) is 6.29. The Morgan fingerprint density at radius 1 is 1.38 bits per heavy atom. The van der Waals surface area contributed by atoms with E-state index in [9.17, 15) is 0 Å². The number of hydrogen-bond acceptors (Lipinski definition) is 4. The van der Waals surface area contributed by atoms with E-state index in [4.69, 9.17) is 9.47 Å². The first kappa shape index (κ1) is 13.9. The maximum absolute atomic E-state index is 5.60. The van der Waals surface area contributed by atoms with Crippen molar-refractivity contribution < 1.29 is 9.47 Å². The summed E-state index contributed by atoms with van der Waals surface area (Å²) in [5.41, 5.74) is 0. The first-order chi connectivity index (χ1) is 7.74. The quantitative estimate of drug-likeness (QED) is 0.654. The Bertz CT molecular complexity index is 178. The average molecular weight is 230 g/mol. The largest absolute Gasteiger partial charge is 0.385 e. The molecule has 96 valence electrons. The van der Waals surface area contributed by atoms with Gasteiger partial charge in [0.15, 0.2) is 0 Å². The molecule has 0 amide bonds. The summed E-state index contributed by atoms with van der Waals surface area (Å²) in [7, 11) is 1.75. The summed E-state index contributed by atoms with van der Waals surface area (Å²) in [5.74, 6) is 0. The lowest BCUT2D eigenvalue weighted by Gasteiger charge is -2.36. The summed E-state index contributed by atoms with van der Waals surface area (Å²) >= 11 is 0. The standard InChI is InChI=1S/C12H26N2O2/c1-11-10-16-12(2)9-14(11)7-6-13-5-4-8-15-3/h11-13H,4-10H2,1-3H3. The van der Waals surface area contributed by atoms with Crippen LogP contribution < -0.4 is 5.32 Å². The number of ether oxygens (including phenoxy) is 2. The van der Waals surface area contributed by atoms with E-state index in [1.165, 1.54) is 0 Å². The minimum absolute atomic E-state index is 0.379. The molecule has 2 atom stereocenters. The highest BCUT2D eigenvalue weighted by molar-refractivity contribution is 4.75. The molecule has 0 bridgehead atoms. The molecule has 0 spiro atoms. The number of nitrogens with one attached hydrogen (secondary N) is 1. The molecule has 1 aliphatic heterocycles. The normalized spacial score (nSPS) is 27.2. The van der Waals surface area contributed by atoms with Gasteiger partial charge in [-0.2, -0.15) is 0 Å². The molecule has 0 aliphatic carbocycles. The van der Waals surface area contributed by atoms with Crippen LogP contribution in [-0.2, 0) is 9.47 Å². The van der Waals surface area contributed by atoms with Gasteiger partial charge in [-0.25, -0.2) is 0 Å². The van der Waals surface area contributed by atoms with Crippen molar-refractivity contribution in [2.24, 2.45) is 0 Å². The predicted molar refractivity (Wildman–Crippen MR) is 65.8 cm³/mol. The summed E-state index contributed by atoms with van der Waals surface area (Å²) in [5, 5.41) is 3.44. The van der Waals surface area contributed by atoms with Crippen molar-refractivity contribution in [3.63, 3.8) is 0 Å². The maximum atomic E-state index is 5.60. The van der Waals surface area contributed by atoms with Crippen LogP contribution in [-0.4, -0.2) is 63.5 Å². The minimum Gasteiger partial charge on any atom is -0.385 e. The van der Waals surface area contributed by atoms with Gasteiger partial charge in [0.2, 0.25) is 0 Å². The molecular formula is C12H26N2O2. The van der Waals surface area contributed by atoms with Gasteiger partial charge in [0.25, 0.3) is 0 Å². The smallest absolute Gasteiger partial charge is 0.0674 e. The summed E-state index contributed by atoms with van der Waals surface area (Å²) < 4.78 is 10.6. The zero-order valence-electron chi connectivity index (χ0n) is 10.9. The van der Waals surface area contributed by atoms with Crippen LogP contribution in [0.4, 0.5) is 0 Å². The molecule has 0 radical (unpaired) electrons. The van der Waals surface area contributed by atoms with Gasteiger partial charge in [0.1, 0.15) is 0 Å². The van der Waals surface area contributed by atoms with Crippen molar-refractivity contribution in [1.29, 1.82) is 0 Å². The van der Waals surface area contributed by atoms with Crippen molar-refractivity contribution in [2.45, 2.75) is 32.4 Å². The molecule has 4 nitrogen and oxygen atoms in total. The summed E-state index contributed by atoms with van der Waals surface area (Å²) in [6.07, 6.45) is 1.47. The van der Waals surface area contributed by atoms with E-state index in [0.717, 1.165) is 45.8 Å². The monoisotopic (exact) mass is 230 g/mol. The highest BCUT2D eigenvalue weighted by atomic mass is 16.5. The van der Waals surface area contributed by atoms with Gasteiger partial charge in [-0.15, -0.1) is 0 Å². The van der Waals surface area contributed by atoms with Crippen LogP contribution in [0.1, 0.15) is 20.3 Å². The van der Waals surface area contributed by atoms with E-state index in [1.807, 2.05) is 0 Å². The molecule has 1 saturated heterocycles. The van der Waals surface area contributed by atoms with Gasteiger partial charge >= 0.3 is 0 Å². The van der Waals surface area contributed by atoms with Crippen LogP contribution >= 0.6 is 0 Å². The van der Waals surface area contributed by atoms with Crippen molar-refractivity contribution in [3.8, 4) is 0 Å². The molecule has 0 saturated carbocycles. The van der Waals surface area contributed by atoms with Crippen LogP contribution in [0.15, 0.2) is 0 Å². The first-order valence-electron chi connectivity index (χ1n) is 6.29. The molecule has 4 heteroatoms. The van der Waals surface area contributed by atoms with Crippen LogP contribution in [0, 0.1) is 0 Å². The molecule has 0 aromatic rings. The molecule has 0 aromatic carbocycles. The second-order valence-electron chi connectivity index (χ2n) is 4.58. The van der Waals surface area contributed by atoms with E-state index < -0.39 is 0 Å². The number of morpholine rings is 1. The van der Waals surface area contributed by atoms with Crippen LogP contribution in [0.3, 0.4) is 0 Å². The number of hydrogen-bond donors (Lipinski definition) is 1. The SMILES string of the molecule is COCCCNCCN1CC(C)OCC1C. The Kier molecular flexibility index (Phi) is 6.96. The highest BCUT2D eigenvalue weighted by Crippen LogP contribution is 2.09. The third kappa shape index (κ3) is 5.25. The van der Waals surface area contributed by atoms with Gasteiger partial charge in [-0.3, -0.25) is 4.90 Å². The fourth-order valence-electron chi connectivity index (χ4n) is 1.97. The van der Waals surface area contributed by atoms with Crippen molar-refractivity contribution in [1.82, 2.24) is 10.2 Å². The van der Waals surface area contributed by atoms with Crippen LogP contribution in [0.5, 0.6) is 0 Å². The Hall–Kier alpha value is -0.160. The number of nitrogens with zero attached hydrogens (tertiary/aromatic N) is 1. The molecule has 0 aromatic heterocycles.